The molecule has 0 spiro atoms. The molecule has 46 heteroatoms. The lowest BCUT2D eigenvalue weighted by atomic mass is 10.2. The van der Waals surface area contributed by atoms with E-state index < -0.39 is 69.6 Å². The Kier molecular flexibility index (Phi) is 35.4. The quantitative estimate of drug-likeness (QED) is 0.0216. The first kappa shape index (κ1) is 94.6. The number of aromatic nitrogens is 11. The molecular weight excluding hydrogens is 2360 g/mol. The number of nitrogen functional groups attached to an aromatic ring is 2. The number of urea groups is 1. The number of thiazole rings is 3. The normalized spacial score (nSPS) is 11.8. The summed E-state index contributed by atoms with van der Waals surface area (Å²) in [6, 6.07) is 30.5. The Morgan fingerprint density at radius 1 is 0.479 bits per heavy atom. The molecule has 1 saturated heterocycles. The van der Waals surface area contributed by atoms with E-state index in [1.165, 1.54) is 81.6 Å². The molecule has 12 heterocycles. The molecule has 0 unspecified atom stereocenters. The smallest absolute Gasteiger partial charge is 0.323 e. The minimum absolute atomic E-state index is 0.0266. The number of hydrogen-bond acceptors (Lipinski definition) is 20. The van der Waals surface area contributed by atoms with E-state index in [0.717, 1.165) is 100 Å². The van der Waals surface area contributed by atoms with Crippen LogP contribution < -0.4 is 31.6 Å². The van der Waals surface area contributed by atoms with Crippen LogP contribution in [0.3, 0.4) is 0 Å². The molecule has 8 N–H and O–H groups in total. The van der Waals surface area contributed by atoms with E-state index in [4.69, 9.17) is 21.9 Å². The third kappa shape index (κ3) is 28.1. The number of anilines is 4. The van der Waals surface area contributed by atoms with E-state index in [0.29, 0.717) is 97.0 Å². The van der Waals surface area contributed by atoms with Gasteiger partial charge in [0, 0.05) is 130 Å². The van der Waals surface area contributed by atoms with Gasteiger partial charge in [0.25, 0.3) is 16.2 Å². The van der Waals surface area contributed by atoms with Crippen LogP contribution in [0, 0.1) is 56.7 Å². The number of hydrogen-bond donors (Lipinski definition) is 6. The molecule has 0 aliphatic carbocycles. The van der Waals surface area contributed by atoms with E-state index >= 15 is 0 Å². The number of pyridine rings is 8. The molecule has 1 aliphatic rings. The number of nitro groups is 1. The van der Waals surface area contributed by atoms with Crippen LogP contribution in [-0.2, 0) is 0 Å². The summed E-state index contributed by atoms with van der Waals surface area (Å²) in [6.07, 6.45) is 11.8. The summed E-state index contributed by atoms with van der Waals surface area (Å²) >= 11 is 38.8. The largest absolute Gasteiger partial charge is 0.398 e. The lowest BCUT2D eigenvalue weighted by Crippen LogP contribution is -2.33. The number of nitrogens with one attached hydrogen (secondary N) is 2. The van der Waals surface area contributed by atoms with Gasteiger partial charge >= 0.3 is 10.6 Å². The Balaban J connectivity index is 0.000000159. The van der Waals surface area contributed by atoms with Crippen LogP contribution in [0.5, 0.6) is 0 Å². The first-order valence-electron chi connectivity index (χ1n) is 32.4. The van der Waals surface area contributed by atoms with Crippen LogP contribution in [-0.4, -0.2) is 96.3 Å². The van der Waals surface area contributed by atoms with Crippen molar-refractivity contribution in [3.05, 3.63) is 295 Å². The van der Waals surface area contributed by atoms with Crippen molar-refractivity contribution in [3.8, 4) is 31.7 Å². The molecule has 3 amide bonds. The lowest BCUT2D eigenvalue weighted by Gasteiger charge is -2.15. The Labute approximate surface area is 770 Å². The number of halogens is 20. The van der Waals surface area contributed by atoms with Gasteiger partial charge < -0.3 is 21.7 Å². The van der Waals surface area contributed by atoms with Gasteiger partial charge in [-0.3, -0.25) is 30.6 Å². The van der Waals surface area contributed by atoms with Crippen molar-refractivity contribution >= 4 is 281 Å². The molecule has 0 saturated carbocycles. The highest BCUT2D eigenvalue weighted by molar-refractivity contribution is 9.12. The van der Waals surface area contributed by atoms with Crippen molar-refractivity contribution in [1.82, 2.24) is 49.8 Å². The van der Waals surface area contributed by atoms with Crippen molar-refractivity contribution < 1.29 is 73.9 Å². The average Bonchev–Trinajstić information content (AvgIpc) is 1.67. The van der Waals surface area contributed by atoms with Gasteiger partial charge in [-0.1, -0.05) is 0 Å². The maximum absolute atomic E-state index is 13.4. The number of alkyl halides is 1. The molecule has 16 rings (SSSR count). The third-order valence-corrected chi connectivity index (χ3v) is 23.8. The number of carbonyl (C=O) groups excluding carboxylic acids is 2. The minimum Gasteiger partial charge on any atom is -0.398 e. The number of nitrogens with two attached hydrogens (primary N) is 2. The van der Waals surface area contributed by atoms with Crippen molar-refractivity contribution in [1.29, 1.82) is 0 Å². The summed E-state index contributed by atoms with van der Waals surface area (Å²) < 4.78 is 129. The zero-order valence-corrected chi connectivity index (χ0v) is 78.7. The van der Waals surface area contributed by atoms with Crippen LogP contribution in [0.4, 0.5) is 73.0 Å². The van der Waals surface area contributed by atoms with E-state index in [-0.39, 0.29) is 26.9 Å². The summed E-state index contributed by atoms with van der Waals surface area (Å²) in [5.41, 5.74) is 15.8. The SMILES string of the molecule is Brc1ccc(Br)nc1.Fc1ccc(-c2nc3cc(Br)ncc3s2)cc1F.Nc1cc(Br)ncc1Br.Nc1cc2nc(-c3ccc(F)c(F)c3)sc2cn1.O=C(Nc1cc(Br)ncc1Br)c1ccc(F)c(F)c1.O=C(Nc1cc2nc(-c3ccc(F)c(F)c3)sc2cn1)N1CC[C@H](F)C1.O=[N+]([O-])c1cc(Br)[n+](O)cc1Br.O[n+]1cc(Br)ccc1Br. The van der Waals surface area contributed by atoms with Gasteiger partial charge in [-0.25, -0.2) is 89.2 Å². The zero-order valence-electron chi connectivity index (χ0n) is 58.8. The second kappa shape index (κ2) is 44.5. The summed E-state index contributed by atoms with van der Waals surface area (Å²) in [5, 5.41) is 35.3. The minimum atomic E-state index is -1.07. The Morgan fingerprint density at radius 2 is 0.950 bits per heavy atom. The highest BCUT2D eigenvalue weighted by Crippen LogP contribution is 2.36. The van der Waals surface area contributed by atoms with Crippen LogP contribution in [0.15, 0.2) is 233 Å². The second-order valence-electron chi connectivity index (χ2n) is 23.1. The van der Waals surface area contributed by atoms with Gasteiger partial charge in [-0.15, -0.1) is 34.0 Å². The fraction of sp³-hybridized carbons (Fsp3) is 0.0548. The number of fused-ring (bicyclic) bond motifs is 3. The van der Waals surface area contributed by atoms with E-state index in [1.54, 1.807) is 73.6 Å². The summed E-state index contributed by atoms with van der Waals surface area (Å²) in [6.45, 7) is 0.442. The zero-order chi connectivity index (χ0) is 86.6. The number of likely N-dealkylation sites (tertiary alicyclic amines) is 1. The fourth-order valence-corrected chi connectivity index (χ4v) is 15.2. The molecule has 0 radical (unpaired) electrons. The molecule has 1 fully saturated rings. The standard InChI is InChI=1S/C17H13F3N4OS.C12H6Br2F2N2O.C12H5BrF2N2S.C12H7F2N3S.C5H3Br2N2O3.C5H4Br2N2.C5H4Br2NO.C5H3Br2N/c18-10-3-4-24(8-10)17(25)23-15-6-13-14(7-21-15)26-16(22-13)9-1-2-11(19)12(20)5-9;13-7-5-17-11(14)4-10(7)18-12(19)6-1-2-8(15)9(16)3-6;13-11-4-9-10(5-16-11)18-12(17-9)6-1-2-7(14)8(15)3-6;13-7-2-1-6(3-8(7)14)12-17-9-4-11(15)16-5-10(9)18-12;6-3-2-8(10)5(7)1-4(3)9(11)12;6-3-2-9-5(7)1-4(3)8;6-4-1-2-5(7)8(9)3-4;6-4-1-2-5(7)8-3-4/h1-2,5-7,10H,3-4,8H2,(H,21,23,25);1-5H,(H,17,18,19);1-5H;1-5H,(H2,15,16);1-2,10H;1-2H,(H2,8,9);1-3,9H;1-3H/q;;;;+1;;+1;/t10-;;;;;;;/m0......./s1. The summed E-state index contributed by atoms with van der Waals surface area (Å²) in [5.74, 6) is -7.27. The Hall–Kier alpha value is -8.26. The van der Waals surface area contributed by atoms with Gasteiger partial charge in [0.05, 0.1) is 66.9 Å². The van der Waals surface area contributed by atoms with Gasteiger partial charge in [0.1, 0.15) is 57.3 Å². The van der Waals surface area contributed by atoms with Crippen LogP contribution in [0.2, 0.25) is 0 Å². The van der Waals surface area contributed by atoms with Gasteiger partial charge in [-0.05, 0) is 259 Å². The van der Waals surface area contributed by atoms with E-state index in [2.05, 4.69) is 231 Å². The maximum atomic E-state index is 13.4. The van der Waals surface area contributed by atoms with Crippen LogP contribution >= 0.6 is 209 Å². The molecule has 23 nitrogen and oxygen atoms in total. The molecule has 119 heavy (non-hydrogen) atoms. The number of rotatable bonds is 7. The third-order valence-electron chi connectivity index (χ3n) is 14.8. The highest BCUT2D eigenvalue weighted by Gasteiger charge is 2.27. The number of amides is 3. The molecule has 1 atom stereocenters. The first-order valence-corrected chi connectivity index (χ1v) is 43.6. The molecule has 15 aromatic rings. The average molecular weight is 2400 g/mol. The van der Waals surface area contributed by atoms with Gasteiger partial charge in [0.2, 0.25) is 12.4 Å². The predicted molar refractivity (Wildman–Crippen MR) is 473 cm³/mol. The van der Waals surface area contributed by atoms with Crippen LogP contribution in [0.1, 0.15) is 16.8 Å². The fourth-order valence-electron chi connectivity index (χ4n) is 9.11. The summed E-state index contributed by atoms with van der Waals surface area (Å²) in [4.78, 5) is 72.3. The molecule has 614 valence electrons. The van der Waals surface area contributed by atoms with Crippen molar-refractivity contribution in [2.75, 3.05) is 35.2 Å². The van der Waals surface area contributed by atoms with Gasteiger partial charge in [-0.2, -0.15) is 0 Å². The maximum Gasteiger partial charge on any atom is 0.323 e. The molecular formula is C73H45Br11F9N17O6S3+2. The topological polar surface area (TPSA) is 321 Å². The summed E-state index contributed by atoms with van der Waals surface area (Å²) in [7, 11) is 0. The molecule has 0 bridgehead atoms. The number of carbonyl (C=O) groups is 2. The number of benzene rings is 4. The van der Waals surface area contributed by atoms with Gasteiger partial charge in [0.15, 0.2) is 51.0 Å². The van der Waals surface area contributed by atoms with Crippen molar-refractivity contribution in [2.24, 2.45) is 0 Å². The van der Waals surface area contributed by atoms with Crippen molar-refractivity contribution in [3.63, 3.8) is 0 Å². The monoisotopic (exact) mass is 2390 g/mol. The van der Waals surface area contributed by atoms with Crippen LogP contribution in [0.25, 0.3) is 62.4 Å². The van der Waals surface area contributed by atoms with Crippen molar-refractivity contribution in [2.45, 2.75) is 12.6 Å². The lowest BCUT2D eigenvalue weighted by molar-refractivity contribution is -0.913. The first-order chi connectivity index (χ1) is 56.4. The number of nitrogens with zero attached hydrogens (tertiary/aromatic N) is 13. The second-order valence-corrected chi connectivity index (χ2v) is 35.5. The predicted octanol–water partition coefficient (Wildman–Crippen LogP) is 24.1. The molecule has 4 aromatic carbocycles. The Bertz CT molecular complexity index is 6020. The van der Waals surface area contributed by atoms with E-state index in [9.17, 15) is 59.2 Å². The Morgan fingerprint density at radius 3 is 1.43 bits per heavy atom. The highest BCUT2D eigenvalue weighted by atomic mass is 79.9. The molecule has 11 aromatic heterocycles. The molecule has 1 aliphatic heterocycles. The van der Waals surface area contributed by atoms with E-state index in [1.807, 2.05) is 18.2 Å².